The van der Waals surface area contributed by atoms with Crippen molar-refractivity contribution in [3.8, 4) is 6.01 Å². The number of carbonyl (C=O) groups excluding carboxylic acids is 1. The van der Waals surface area contributed by atoms with Crippen molar-refractivity contribution in [2.75, 3.05) is 17.7 Å². The summed E-state index contributed by atoms with van der Waals surface area (Å²) in [6.07, 6.45) is 1.71. The van der Waals surface area contributed by atoms with Crippen molar-refractivity contribution in [3.63, 3.8) is 0 Å². The lowest BCUT2D eigenvalue weighted by Crippen LogP contribution is -2.24. The number of ether oxygens (including phenoxy) is 3. The van der Waals surface area contributed by atoms with Crippen LogP contribution < -0.4 is 15.4 Å². The van der Waals surface area contributed by atoms with E-state index >= 15 is 0 Å². The molecule has 0 aliphatic carbocycles. The Balaban J connectivity index is 1.74. The van der Waals surface area contributed by atoms with E-state index in [1.54, 1.807) is 32.2 Å². The zero-order valence-corrected chi connectivity index (χ0v) is 20.1. The van der Waals surface area contributed by atoms with Crippen molar-refractivity contribution in [2.24, 2.45) is 0 Å². The molecule has 0 saturated heterocycles. The van der Waals surface area contributed by atoms with Gasteiger partial charge in [-0.05, 0) is 26.0 Å². The summed E-state index contributed by atoms with van der Waals surface area (Å²) < 4.78 is 57.7. The summed E-state index contributed by atoms with van der Waals surface area (Å²) in [5.74, 6) is -2.17. The van der Waals surface area contributed by atoms with Crippen LogP contribution in [0.3, 0.4) is 0 Å². The molecule has 37 heavy (non-hydrogen) atoms. The number of rotatable bonds is 9. The van der Waals surface area contributed by atoms with E-state index < -0.39 is 42.0 Å². The van der Waals surface area contributed by atoms with E-state index in [9.17, 15) is 18.0 Å². The lowest BCUT2D eigenvalue weighted by molar-refractivity contribution is -0.117. The van der Waals surface area contributed by atoms with Crippen molar-refractivity contribution in [3.05, 3.63) is 83.5 Å². The van der Waals surface area contributed by atoms with Crippen LogP contribution in [0.2, 0.25) is 0 Å². The van der Waals surface area contributed by atoms with Crippen LogP contribution in [0.1, 0.15) is 60.9 Å². The number of amides is 1. The second kappa shape index (κ2) is 11.1. The van der Waals surface area contributed by atoms with Gasteiger partial charge >= 0.3 is 6.01 Å². The number of hydrogen-bond donors (Lipinski definition) is 2. The minimum Gasteiger partial charge on any atom is -0.467 e. The highest BCUT2D eigenvalue weighted by atomic mass is 19.3. The number of carbonyl (C=O) groups is 1. The first kappa shape index (κ1) is 25.7. The SMILES string of the molecule is COc1nc(N[C@H](C)c2cccc(C(F)F)c2F)c(C2OC=CO2)c(C(C)C(=O)Nc2cccnc2)n1. The third-order valence-corrected chi connectivity index (χ3v) is 5.68. The summed E-state index contributed by atoms with van der Waals surface area (Å²) in [7, 11) is 1.35. The quantitative estimate of drug-likeness (QED) is 0.391. The Kier molecular flexibility index (Phi) is 7.75. The molecular formula is C25H24F3N5O4. The van der Waals surface area contributed by atoms with E-state index in [0.29, 0.717) is 5.69 Å². The lowest BCUT2D eigenvalue weighted by atomic mass is 9.99. The van der Waals surface area contributed by atoms with Gasteiger partial charge in [-0.25, -0.2) is 13.2 Å². The minimum atomic E-state index is -2.97. The number of nitrogens with one attached hydrogen (secondary N) is 2. The average Bonchev–Trinajstić information content (AvgIpc) is 3.42. The Labute approximate surface area is 210 Å². The molecule has 12 heteroatoms. The molecule has 1 aliphatic heterocycles. The molecule has 3 aromatic rings. The van der Waals surface area contributed by atoms with Gasteiger partial charge in [-0.15, -0.1) is 0 Å². The highest BCUT2D eigenvalue weighted by molar-refractivity contribution is 5.95. The number of alkyl halides is 2. The molecule has 2 N–H and O–H groups in total. The maximum absolute atomic E-state index is 14.8. The van der Waals surface area contributed by atoms with Crippen LogP contribution in [0, 0.1) is 5.82 Å². The maximum atomic E-state index is 14.8. The molecule has 2 aromatic heterocycles. The van der Waals surface area contributed by atoms with Crippen LogP contribution in [-0.2, 0) is 14.3 Å². The van der Waals surface area contributed by atoms with E-state index in [1.807, 2.05) is 0 Å². The summed E-state index contributed by atoms with van der Waals surface area (Å²) in [5.41, 5.74) is 0.255. The molecule has 9 nitrogen and oxygen atoms in total. The number of benzene rings is 1. The van der Waals surface area contributed by atoms with Crippen LogP contribution in [0.25, 0.3) is 0 Å². The number of methoxy groups -OCH3 is 1. The molecule has 0 radical (unpaired) electrons. The maximum Gasteiger partial charge on any atom is 0.318 e. The summed E-state index contributed by atoms with van der Waals surface area (Å²) in [5, 5.41) is 5.79. The second-order valence-electron chi connectivity index (χ2n) is 8.10. The number of anilines is 2. The molecule has 0 saturated carbocycles. The van der Waals surface area contributed by atoms with Gasteiger partial charge in [0, 0.05) is 11.8 Å². The minimum absolute atomic E-state index is 0.00312. The fourth-order valence-corrected chi connectivity index (χ4v) is 3.77. The van der Waals surface area contributed by atoms with Crippen LogP contribution in [-0.4, -0.2) is 28.0 Å². The monoisotopic (exact) mass is 515 g/mol. The Morgan fingerprint density at radius 2 is 1.81 bits per heavy atom. The van der Waals surface area contributed by atoms with Gasteiger partial charge in [0.1, 0.15) is 24.2 Å². The first-order chi connectivity index (χ1) is 17.8. The van der Waals surface area contributed by atoms with E-state index in [2.05, 4.69) is 25.6 Å². The molecule has 0 bridgehead atoms. The predicted octanol–water partition coefficient (Wildman–Crippen LogP) is 5.39. The van der Waals surface area contributed by atoms with Gasteiger partial charge in [0.05, 0.1) is 47.8 Å². The third kappa shape index (κ3) is 5.57. The van der Waals surface area contributed by atoms with E-state index in [0.717, 1.165) is 6.07 Å². The third-order valence-electron chi connectivity index (χ3n) is 5.68. The van der Waals surface area contributed by atoms with Gasteiger partial charge in [-0.3, -0.25) is 9.78 Å². The zero-order chi connectivity index (χ0) is 26.5. The Bertz CT molecular complexity index is 1280. The Morgan fingerprint density at radius 3 is 2.46 bits per heavy atom. The first-order valence-electron chi connectivity index (χ1n) is 11.3. The summed E-state index contributed by atoms with van der Waals surface area (Å²) in [6, 6.07) is 6.23. The van der Waals surface area contributed by atoms with Crippen molar-refractivity contribution < 1.29 is 32.2 Å². The highest BCUT2D eigenvalue weighted by Gasteiger charge is 2.33. The van der Waals surface area contributed by atoms with Crippen molar-refractivity contribution in [2.45, 2.75) is 38.5 Å². The lowest BCUT2D eigenvalue weighted by Gasteiger charge is -2.24. The summed E-state index contributed by atoms with van der Waals surface area (Å²) in [6.45, 7) is 3.21. The highest BCUT2D eigenvalue weighted by Crippen LogP contribution is 2.38. The van der Waals surface area contributed by atoms with Crippen molar-refractivity contribution in [1.82, 2.24) is 15.0 Å². The molecule has 0 fully saturated rings. The second-order valence-corrected chi connectivity index (χ2v) is 8.10. The van der Waals surface area contributed by atoms with Gasteiger partial charge in [-0.2, -0.15) is 9.97 Å². The zero-order valence-electron chi connectivity index (χ0n) is 20.1. The van der Waals surface area contributed by atoms with Gasteiger partial charge in [0.2, 0.25) is 5.91 Å². The number of nitrogens with zero attached hydrogens (tertiary/aromatic N) is 3. The fourth-order valence-electron chi connectivity index (χ4n) is 3.77. The number of aromatic nitrogens is 3. The van der Waals surface area contributed by atoms with Crippen LogP contribution in [0.4, 0.5) is 24.7 Å². The first-order valence-corrected chi connectivity index (χ1v) is 11.3. The van der Waals surface area contributed by atoms with Crippen LogP contribution in [0.15, 0.2) is 55.2 Å². The number of halogens is 3. The number of hydrogen-bond acceptors (Lipinski definition) is 8. The molecule has 4 rings (SSSR count). The topological polar surface area (TPSA) is 107 Å². The van der Waals surface area contributed by atoms with Crippen LogP contribution in [0.5, 0.6) is 6.01 Å². The largest absolute Gasteiger partial charge is 0.467 e. The van der Waals surface area contributed by atoms with Crippen molar-refractivity contribution in [1.29, 1.82) is 0 Å². The van der Waals surface area contributed by atoms with Gasteiger partial charge in [0.25, 0.3) is 12.7 Å². The van der Waals surface area contributed by atoms with Gasteiger partial charge in [0.15, 0.2) is 0 Å². The van der Waals surface area contributed by atoms with E-state index in [1.165, 1.54) is 38.0 Å². The Hall–Kier alpha value is -4.35. The molecule has 1 amide bonds. The van der Waals surface area contributed by atoms with E-state index in [-0.39, 0.29) is 28.6 Å². The van der Waals surface area contributed by atoms with Crippen LogP contribution >= 0.6 is 0 Å². The molecule has 2 atom stereocenters. The number of pyridine rings is 1. The molecule has 1 unspecified atom stereocenters. The molecule has 1 aromatic carbocycles. The molecule has 3 heterocycles. The summed E-state index contributed by atoms with van der Waals surface area (Å²) >= 11 is 0. The molecule has 1 aliphatic rings. The van der Waals surface area contributed by atoms with Gasteiger partial charge < -0.3 is 24.8 Å². The normalized spacial score (nSPS) is 14.6. The summed E-state index contributed by atoms with van der Waals surface area (Å²) in [4.78, 5) is 25.8. The fraction of sp³-hybridized carbons (Fsp3) is 0.280. The van der Waals surface area contributed by atoms with E-state index in [4.69, 9.17) is 14.2 Å². The predicted molar refractivity (Wildman–Crippen MR) is 127 cm³/mol. The molecular weight excluding hydrogens is 491 g/mol. The average molecular weight is 515 g/mol. The van der Waals surface area contributed by atoms with Gasteiger partial charge in [-0.1, -0.05) is 18.2 Å². The molecule has 194 valence electrons. The van der Waals surface area contributed by atoms with Crippen molar-refractivity contribution >= 4 is 17.4 Å². The Morgan fingerprint density at radius 1 is 1.08 bits per heavy atom. The molecule has 0 spiro atoms. The standard InChI is InChI=1S/C25H24F3N5O4/c1-13(23(34)31-15-6-5-9-29-12-15)20-18(24-36-10-11-37-24)22(33-25(32-20)35-3)30-14(2)16-7-4-8-17(19(16)26)21(27)28/h4-14,21,24H,1-3H3,(H,31,34)(H,30,32,33)/t13?,14-/m1/s1. The smallest absolute Gasteiger partial charge is 0.318 e.